The number of nitrogens with two attached hydrogens (primary N) is 1. The molecule has 0 radical (unpaired) electrons. The molecule has 156 valence electrons. The first-order valence-electron chi connectivity index (χ1n) is 9.68. The molecule has 2 N–H and O–H groups in total. The molecule has 0 spiro atoms. The van der Waals surface area contributed by atoms with Crippen molar-refractivity contribution < 1.29 is 4.79 Å². The molecule has 0 aliphatic carbocycles. The minimum atomic E-state index is -0.637. The zero-order chi connectivity index (χ0) is 21.1. The number of benzene rings is 1. The monoisotopic (exact) mass is 419 g/mol. The molecule has 1 aliphatic heterocycles. The Bertz CT molecular complexity index is 1020. The summed E-state index contributed by atoms with van der Waals surface area (Å²) in [5.41, 5.74) is 5.86. The predicted octanol–water partition coefficient (Wildman–Crippen LogP) is 1.20. The van der Waals surface area contributed by atoms with Gasteiger partial charge in [0.2, 0.25) is 0 Å². The van der Waals surface area contributed by atoms with E-state index in [2.05, 4.69) is 4.90 Å². The Morgan fingerprint density at radius 1 is 1.17 bits per heavy atom. The molecule has 0 bridgehead atoms. The summed E-state index contributed by atoms with van der Waals surface area (Å²) in [7, 11) is 1.37. The minimum Gasteiger partial charge on any atom is -0.384 e. The maximum absolute atomic E-state index is 12.9. The lowest BCUT2D eigenvalue weighted by molar-refractivity contribution is 0.0924. The number of Topliss-reactive ketones (excluding diaryl/α,β-unsaturated/α-hetero) is 1. The van der Waals surface area contributed by atoms with Gasteiger partial charge in [-0.3, -0.25) is 23.6 Å². The number of hydrogen-bond acceptors (Lipinski definition) is 6. The van der Waals surface area contributed by atoms with Gasteiger partial charge < -0.3 is 10.6 Å². The number of nitrogen functional groups attached to an aromatic ring is 1. The molecule has 0 atom stereocenters. The first-order valence-corrected chi connectivity index (χ1v) is 10.1. The van der Waals surface area contributed by atoms with Gasteiger partial charge in [-0.05, 0) is 24.6 Å². The number of piperazine rings is 1. The molecule has 1 aromatic carbocycles. The summed E-state index contributed by atoms with van der Waals surface area (Å²) in [5, 5.41) is 0.689. The number of rotatable bonds is 6. The SMILES string of the molecule is CCCn1c(N)c(C(=O)CN2CCN(c3cccc(Cl)c3)CC2)c(=O)n(C)c1=O. The van der Waals surface area contributed by atoms with Crippen LogP contribution < -0.4 is 21.9 Å². The van der Waals surface area contributed by atoms with Gasteiger partial charge in [0.15, 0.2) is 5.78 Å². The van der Waals surface area contributed by atoms with E-state index in [1.807, 2.05) is 36.1 Å². The molecule has 0 amide bonds. The van der Waals surface area contributed by atoms with Crippen molar-refractivity contribution in [2.75, 3.05) is 43.4 Å². The molecule has 29 heavy (non-hydrogen) atoms. The average molecular weight is 420 g/mol. The van der Waals surface area contributed by atoms with Gasteiger partial charge >= 0.3 is 5.69 Å². The predicted molar refractivity (Wildman–Crippen MR) is 115 cm³/mol. The summed E-state index contributed by atoms with van der Waals surface area (Å²) in [4.78, 5) is 41.9. The molecule has 0 saturated carbocycles. The summed E-state index contributed by atoms with van der Waals surface area (Å²) < 4.78 is 2.25. The zero-order valence-corrected chi connectivity index (χ0v) is 17.5. The van der Waals surface area contributed by atoms with E-state index >= 15 is 0 Å². The summed E-state index contributed by atoms with van der Waals surface area (Å²) in [6, 6.07) is 7.68. The summed E-state index contributed by atoms with van der Waals surface area (Å²) >= 11 is 6.07. The summed E-state index contributed by atoms with van der Waals surface area (Å²) in [5.74, 6) is -0.397. The molecule has 1 aromatic heterocycles. The highest BCUT2D eigenvalue weighted by molar-refractivity contribution is 6.30. The Kier molecular flexibility index (Phi) is 6.44. The molecule has 9 heteroatoms. The Morgan fingerprint density at radius 3 is 2.48 bits per heavy atom. The smallest absolute Gasteiger partial charge is 0.332 e. The summed E-state index contributed by atoms with van der Waals surface area (Å²) in [6.45, 7) is 5.19. The first-order chi connectivity index (χ1) is 13.8. The van der Waals surface area contributed by atoms with Crippen LogP contribution in [0.15, 0.2) is 33.9 Å². The van der Waals surface area contributed by atoms with Gasteiger partial charge in [0.25, 0.3) is 5.56 Å². The van der Waals surface area contributed by atoms with Crippen LogP contribution in [-0.4, -0.2) is 52.5 Å². The van der Waals surface area contributed by atoms with E-state index in [1.54, 1.807) is 0 Å². The van der Waals surface area contributed by atoms with E-state index < -0.39 is 11.2 Å². The summed E-state index contributed by atoms with van der Waals surface area (Å²) in [6.07, 6.45) is 0.668. The third kappa shape index (κ3) is 4.38. The van der Waals surface area contributed by atoms with Crippen molar-refractivity contribution in [3.05, 3.63) is 55.7 Å². The van der Waals surface area contributed by atoms with Crippen LogP contribution in [0.2, 0.25) is 5.02 Å². The molecule has 1 fully saturated rings. The minimum absolute atomic E-state index is 0.0393. The van der Waals surface area contributed by atoms with Crippen LogP contribution in [-0.2, 0) is 13.6 Å². The molecule has 1 aliphatic rings. The molecule has 8 nitrogen and oxygen atoms in total. The van der Waals surface area contributed by atoms with Gasteiger partial charge in [0.1, 0.15) is 11.4 Å². The molecule has 1 saturated heterocycles. The second-order valence-corrected chi connectivity index (χ2v) is 7.66. The van der Waals surface area contributed by atoms with Crippen LogP contribution in [0.25, 0.3) is 0 Å². The number of ketones is 1. The van der Waals surface area contributed by atoms with Crippen molar-refractivity contribution >= 4 is 28.9 Å². The average Bonchev–Trinajstić information content (AvgIpc) is 2.70. The molecule has 3 rings (SSSR count). The fraction of sp³-hybridized carbons (Fsp3) is 0.450. The van der Waals surface area contributed by atoms with Crippen molar-refractivity contribution in [2.45, 2.75) is 19.9 Å². The first kappa shape index (κ1) is 21.1. The maximum atomic E-state index is 12.9. The van der Waals surface area contributed by atoms with Crippen LogP contribution in [0.1, 0.15) is 23.7 Å². The number of anilines is 2. The van der Waals surface area contributed by atoms with Crippen molar-refractivity contribution in [1.29, 1.82) is 0 Å². The molecule has 2 heterocycles. The Labute approximate surface area is 174 Å². The van der Waals surface area contributed by atoms with Crippen LogP contribution >= 0.6 is 11.6 Å². The lowest BCUT2D eigenvalue weighted by atomic mass is 10.1. The van der Waals surface area contributed by atoms with Gasteiger partial charge in [0.05, 0.1) is 6.54 Å². The van der Waals surface area contributed by atoms with E-state index in [0.717, 1.165) is 23.3 Å². The lowest BCUT2D eigenvalue weighted by Gasteiger charge is -2.35. The number of carbonyl (C=O) groups is 1. The number of hydrogen-bond donors (Lipinski definition) is 1. The van der Waals surface area contributed by atoms with Gasteiger partial charge in [-0.25, -0.2) is 4.79 Å². The van der Waals surface area contributed by atoms with E-state index in [1.165, 1.54) is 11.6 Å². The largest absolute Gasteiger partial charge is 0.384 e. The Morgan fingerprint density at radius 2 is 1.86 bits per heavy atom. The highest BCUT2D eigenvalue weighted by Crippen LogP contribution is 2.21. The van der Waals surface area contributed by atoms with Crippen molar-refractivity contribution in [3.63, 3.8) is 0 Å². The second-order valence-electron chi connectivity index (χ2n) is 7.22. The Balaban J connectivity index is 1.73. The normalized spacial score (nSPS) is 14.9. The van der Waals surface area contributed by atoms with Gasteiger partial charge in [-0.1, -0.05) is 24.6 Å². The standard InChI is InChI=1S/C20H26ClN5O3/c1-3-7-26-18(22)17(19(28)23(2)20(26)29)16(27)13-24-8-10-25(11-9-24)15-6-4-5-14(21)12-15/h4-6,12H,3,7-11,13,22H2,1-2H3. The van der Waals surface area contributed by atoms with Crippen LogP contribution in [0.5, 0.6) is 0 Å². The quantitative estimate of drug-likeness (QED) is 0.707. The topological polar surface area (TPSA) is 93.6 Å². The zero-order valence-electron chi connectivity index (χ0n) is 16.7. The van der Waals surface area contributed by atoms with Crippen molar-refractivity contribution in [3.8, 4) is 0 Å². The van der Waals surface area contributed by atoms with E-state index in [-0.39, 0.29) is 23.7 Å². The highest BCUT2D eigenvalue weighted by Gasteiger charge is 2.25. The lowest BCUT2D eigenvalue weighted by Crippen LogP contribution is -2.49. The van der Waals surface area contributed by atoms with Crippen LogP contribution in [0.3, 0.4) is 0 Å². The Hall–Kier alpha value is -2.58. The second kappa shape index (κ2) is 8.84. The maximum Gasteiger partial charge on any atom is 0.332 e. The van der Waals surface area contributed by atoms with Crippen molar-refractivity contribution in [1.82, 2.24) is 14.0 Å². The highest BCUT2D eigenvalue weighted by atomic mass is 35.5. The van der Waals surface area contributed by atoms with E-state index in [9.17, 15) is 14.4 Å². The fourth-order valence-corrected chi connectivity index (χ4v) is 3.79. The number of nitrogens with zero attached hydrogens (tertiary/aromatic N) is 4. The molecule has 0 unspecified atom stereocenters. The number of aromatic nitrogens is 2. The number of carbonyl (C=O) groups excluding carboxylic acids is 1. The third-order valence-corrected chi connectivity index (χ3v) is 5.46. The van der Waals surface area contributed by atoms with Gasteiger partial charge in [-0.15, -0.1) is 0 Å². The number of halogens is 1. The van der Waals surface area contributed by atoms with E-state index in [4.69, 9.17) is 17.3 Å². The van der Waals surface area contributed by atoms with Crippen LogP contribution in [0.4, 0.5) is 11.5 Å². The van der Waals surface area contributed by atoms with Gasteiger partial charge in [-0.2, -0.15) is 0 Å². The third-order valence-electron chi connectivity index (χ3n) is 5.22. The van der Waals surface area contributed by atoms with Crippen LogP contribution in [0, 0.1) is 0 Å². The van der Waals surface area contributed by atoms with E-state index in [0.29, 0.717) is 31.1 Å². The van der Waals surface area contributed by atoms with Crippen molar-refractivity contribution in [2.24, 2.45) is 7.05 Å². The molecular formula is C20H26ClN5O3. The molecule has 2 aromatic rings. The molecular weight excluding hydrogens is 394 g/mol. The van der Waals surface area contributed by atoms with Gasteiger partial charge in [0, 0.05) is 50.5 Å². The fourth-order valence-electron chi connectivity index (χ4n) is 3.60.